The first-order valence-corrected chi connectivity index (χ1v) is 11.3. The molecule has 0 saturated carbocycles. The standard InChI is InChI=1S/C16H33N3O3S2/c1-13-10-19(11-14(13)2)5-7-22-9-8-21-6-4-18-16(20)15(17)12-24-23-3/h13-15H,4-12,17H2,1-3H3,(H,18,20). The topological polar surface area (TPSA) is 76.8 Å². The van der Waals surface area contributed by atoms with E-state index in [0.717, 1.165) is 25.0 Å². The zero-order chi connectivity index (χ0) is 17.8. The van der Waals surface area contributed by atoms with Gasteiger partial charge in [-0.2, -0.15) is 0 Å². The molecule has 8 heteroatoms. The Morgan fingerprint density at radius 3 is 2.46 bits per heavy atom. The number of likely N-dealkylation sites (tertiary alicyclic amines) is 1. The van der Waals surface area contributed by atoms with Crippen molar-refractivity contribution in [1.82, 2.24) is 10.2 Å². The van der Waals surface area contributed by atoms with Crippen LogP contribution in [0.1, 0.15) is 13.8 Å². The van der Waals surface area contributed by atoms with Crippen molar-refractivity contribution in [2.75, 3.05) is 64.6 Å². The van der Waals surface area contributed by atoms with E-state index < -0.39 is 6.04 Å². The number of nitrogens with zero attached hydrogens (tertiary/aromatic N) is 1. The van der Waals surface area contributed by atoms with Gasteiger partial charge in [0.25, 0.3) is 0 Å². The van der Waals surface area contributed by atoms with Gasteiger partial charge in [0.1, 0.15) is 0 Å². The van der Waals surface area contributed by atoms with Crippen LogP contribution in [0.25, 0.3) is 0 Å². The molecular formula is C16H33N3O3S2. The number of nitrogens with two attached hydrogens (primary N) is 1. The monoisotopic (exact) mass is 379 g/mol. The molecule has 0 spiro atoms. The molecule has 1 heterocycles. The number of rotatable bonds is 13. The highest BCUT2D eigenvalue weighted by Gasteiger charge is 2.25. The second kappa shape index (κ2) is 13.2. The van der Waals surface area contributed by atoms with E-state index in [2.05, 4.69) is 24.1 Å². The smallest absolute Gasteiger partial charge is 0.237 e. The largest absolute Gasteiger partial charge is 0.378 e. The lowest BCUT2D eigenvalue weighted by Crippen LogP contribution is -2.43. The summed E-state index contributed by atoms with van der Waals surface area (Å²) in [5, 5.41) is 2.78. The maximum atomic E-state index is 11.7. The van der Waals surface area contributed by atoms with Gasteiger partial charge < -0.3 is 25.4 Å². The third kappa shape index (κ3) is 9.48. The molecule has 1 amide bonds. The molecule has 142 valence electrons. The van der Waals surface area contributed by atoms with E-state index in [4.69, 9.17) is 15.2 Å². The van der Waals surface area contributed by atoms with E-state index in [1.54, 1.807) is 21.6 Å². The van der Waals surface area contributed by atoms with Crippen molar-refractivity contribution in [3.8, 4) is 0 Å². The Morgan fingerprint density at radius 1 is 1.21 bits per heavy atom. The quantitative estimate of drug-likeness (QED) is 0.366. The first kappa shape index (κ1) is 22.1. The Morgan fingerprint density at radius 2 is 1.83 bits per heavy atom. The Labute approximate surface area is 154 Å². The summed E-state index contributed by atoms with van der Waals surface area (Å²) >= 11 is 0. The summed E-state index contributed by atoms with van der Waals surface area (Å²) in [6.45, 7) is 10.8. The van der Waals surface area contributed by atoms with Gasteiger partial charge in [-0.1, -0.05) is 35.4 Å². The summed E-state index contributed by atoms with van der Waals surface area (Å²) in [4.78, 5) is 14.1. The molecule has 1 rings (SSSR count). The predicted octanol–water partition coefficient (Wildman–Crippen LogP) is 1.06. The molecule has 6 nitrogen and oxygen atoms in total. The van der Waals surface area contributed by atoms with Crippen LogP contribution in [-0.2, 0) is 14.3 Å². The summed E-state index contributed by atoms with van der Waals surface area (Å²) in [5.41, 5.74) is 5.76. The van der Waals surface area contributed by atoms with Crippen LogP contribution >= 0.6 is 21.6 Å². The van der Waals surface area contributed by atoms with Crippen molar-refractivity contribution in [3.05, 3.63) is 0 Å². The molecular weight excluding hydrogens is 346 g/mol. The third-order valence-corrected chi connectivity index (χ3v) is 6.08. The molecule has 0 radical (unpaired) electrons. The van der Waals surface area contributed by atoms with Crippen LogP contribution in [0.5, 0.6) is 0 Å². The van der Waals surface area contributed by atoms with Crippen LogP contribution in [0.3, 0.4) is 0 Å². The fourth-order valence-corrected chi connectivity index (χ4v) is 3.82. The fraction of sp³-hybridized carbons (Fsp3) is 0.938. The molecule has 3 N–H and O–H groups in total. The Hall–Kier alpha value is 0.01000. The zero-order valence-electron chi connectivity index (χ0n) is 15.2. The first-order valence-electron chi connectivity index (χ1n) is 8.61. The third-order valence-electron chi connectivity index (χ3n) is 4.24. The second-order valence-corrected chi connectivity index (χ2v) is 8.90. The van der Waals surface area contributed by atoms with Gasteiger partial charge in [0.05, 0.1) is 32.5 Å². The molecule has 1 aliphatic heterocycles. The molecule has 1 saturated heterocycles. The number of ether oxygens (including phenoxy) is 2. The molecule has 1 fully saturated rings. The maximum Gasteiger partial charge on any atom is 0.237 e. The Balaban J connectivity index is 1.86. The number of carbonyl (C=O) groups is 1. The minimum atomic E-state index is -0.457. The van der Waals surface area contributed by atoms with E-state index in [0.29, 0.717) is 32.1 Å². The van der Waals surface area contributed by atoms with E-state index in [1.165, 1.54) is 13.1 Å². The van der Waals surface area contributed by atoms with Gasteiger partial charge in [0.15, 0.2) is 0 Å². The Bertz CT molecular complexity index is 341. The predicted molar refractivity (Wildman–Crippen MR) is 103 cm³/mol. The van der Waals surface area contributed by atoms with Gasteiger partial charge in [-0.15, -0.1) is 0 Å². The van der Waals surface area contributed by atoms with Gasteiger partial charge in [0.2, 0.25) is 5.91 Å². The van der Waals surface area contributed by atoms with E-state index in [1.807, 2.05) is 6.26 Å². The highest BCUT2D eigenvalue weighted by Crippen LogP contribution is 2.21. The lowest BCUT2D eigenvalue weighted by molar-refractivity contribution is -0.122. The van der Waals surface area contributed by atoms with E-state index >= 15 is 0 Å². The van der Waals surface area contributed by atoms with E-state index in [-0.39, 0.29) is 5.91 Å². The molecule has 0 aliphatic carbocycles. The molecule has 0 aromatic carbocycles. The fourth-order valence-electron chi connectivity index (χ4n) is 2.54. The van der Waals surface area contributed by atoms with Crippen LogP contribution in [0, 0.1) is 11.8 Å². The zero-order valence-corrected chi connectivity index (χ0v) is 16.8. The van der Waals surface area contributed by atoms with Gasteiger partial charge in [-0.25, -0.2) is 0 Å². The van der Waals surface area contributed by atoms with Gasteiger partial charge in [0, 0.05) is 31.9 Å². The van der Waals surface area contributed by atoms with Crippen molar-refractivity contribution >= 4 is 27.5 Å². The van der Waals surface area contributed by atoms with Crippen LogP contribution in [0.4, 0.5) is 0 Å². The molecule has 3 atom stereocenters. The molecule has 3 unspecified atom stereocenters. The van der Waals surface area contributed by atoms with Crippen LogP contribution in [0.2, 0.25) is 0 Å². The first-order chi connectivity index (χ1) is 11.5. The minimum absolute atomic E-state index is 0.120. The van der Waals surface area contributed by atoms with Crippen molar-refractivity contribution in [2.24, 2.45) is 17.6 Å². The average Bonchev–Trinajstić information content (AvgIpc) is 2.88. The lowest BCUT2D eigenvalue weighted by atomic mass is 10.0. The number of hydrogen-bond donors (Lipinski definition) is 2. The summed E-state index contributed by atoms with van der Waals surface area (Å²) in [6.07, 6.45) is 1.97. The molecule has 0 bridgehead atoms. The van der Waals surface area contributed by atoms with Crippen molar-refractivity contribution in [2.45, 2.75) is 19.9 Å². The van der Waals surface area contributed by atoms with Crippen LogP contribution in [-0.4, -0.2) is 81.5 Å². The number of hydrogen-bond acceptors (Lipinski definition) is 7. The molecule has 0 aromatic heterocycles. The summed E-state index contributed by atoms with van der Waals surface area (Å²) in [6, 6.07) is -0.457. The van der Waals surface area contributed by atoms with Crippen LogP contribution < -0.4 is 11.1 Å². The number of carbonyl (C=O) groups excluding carboxylic acids is 1. The lowest BCUT2D eigenvalue weighted by Gasteiger charge is -2.15. The maximum absolute atomic E-state index is 11.7. The van der Waals surface area contributed by atoms with Crippen LogP contribution in [0.15, 0.2) is 0 Å². The van der Waals surface area contributed by atoms with Crippen molar-refractivity contribution in [1.29, 1.82) is 0 Å². The number of amides is 1. The normalized spacial score (nSPS) is 22.7. The average molecular weight is 380 g/mol. The molecule has 0 aromatic rings. The second-order valence-electron chi connectivity index (χ2n) is 6.29. The minimum Gasteiger partial charge on any atom is -0.378 e. The highest BCUT2D eigenvalue weighted by atomic mass is 33.1. The highest BCUT2D eigenvalue weighted by molar-refractivity contribution is 8.76. The van der Waals surface area contributed by atoms with Gasteiger partial charge in [-0.3, -0.25) is 4.79 Å². The molecule has 24 heavy (non-hydrogen) atoms. The van der Waals surface area contributed by atoms with Gasteiger partial charge in [-0.05, 0) is 18.1 Å². The van der Waals surface area contributed by atoms with Gasteiger partial charge >= 0.3 is 0 Å². The number of nitrogens with one attached hydrogen (secondary N) is 1. The van der Waals surface area contributed by atoms with Crippen molar-refractivity contribution < 1.29 is 14.3 Å². The summed E-state index contributed by atoms with van der Waals surface area (Å²) < 4.78 is 11.0. The van der Waals surface area contributed by atoms with E-state index in [9.17, 15) is 4.79 Å². The SMILES string of the molecule is CSSCC(N)C(=O)NCCOCCOCCN1CC(C)C(C)C1. The molecule has 1 aliphatic rings. The Kier molecular flexibility index (Phi) is 12.2. The summed E-state index contributed by atoms with van der Waals surface area (Å²) in [5.74, 6) is 2.08. The van der Waals surface area contributed by atoms with Crippen molar-refractivity contribution in [3.63, 3.8) is 0 Å². The summed E-state index contributed by atoms with van der Waals surface area (Å²) in [7, 11) is 3.20.